The number of hydrogen-bond donors (Lipinski definition) is 1. The Morgan fingerprint density at radius 1 is 1.17 bits per heavy atom. The van der Waals surface area contributed by atoms with E-state index in [1.54, 1.807) is 31.2 Å². The summed E-state index contributed by atoms with van der Waals surface area (Å²) in [5.41, 5.74) is 2.89. The number of rotatable bonds is 3. The molecule has 0 heterocycles. The molecule has 0 radical (unpaired) electrons. The number of Topliss-reactive ketones (excluding diaryl/α,β-unsaturated/α-hetero) is 2. The third-order valence-electron chi connectivity index (χ3n) is 3.81. The van der Waals surface area contributed by atoms with Gasteiger partial charge in [0.15, 0.2) is 0 Å². The second-order valence-corrected chi connectivity index (χ2v) is 7.50. The number of nitrogens with zero attached hydrogens (tertiary/aromatic N) is 1. The van der Waals surface area contributed by atoms with Crippen LogP contribution >= 0.6 is 15.9 Å². The molecule has 0 unspecified atom stereocenters. The van der Waals surface area contributed by atoms with E-state index in [9.17, 15) is 14.4 Å². The Labute approximate surface area is 143 Å². The summed E-state index contributed by atoms with van der Waals surface area (Å²) in [6.45, 7) is 5.41. The number of nitrogens with one attached hydrogen (secondary N) is 1. The Hall–Kier alpha value is -1.82. The zero-order valence-corrected chi connectivity index (χ0v) is 14.9. The number of carbonyl (C=O) groups is 3. The maximum absolute atomic E-state index is 12.2. The average Bonchev–Trinajstić information content (AvgIpc) is 2.43. The molecular weight excluding hydrogens is 360 g/mol. The molecule has 0 aliphatic heterocycles. The zero-order chi connectivity index (χ0) is 17.2. The SMILES string of the molecule is CC(=NNC(=O)c1ccc(Br)cc1)C1C(=O)CC(C)(C)CC1=O. The molecule has 0 saturated heterocycles. The summed E-state index contributed by atoms with van der Waals surface area (Å²) in [7, 11) is 0. The molecule has 1 N–H and O–H groups in total. The number of ketones is 2. The smallest absolute Gasteiger partial charge is 0.271 e. The van der Waals surface area contributed by atoms with Gasteiger partial charge in [0.25, 0.3) is 5.91 Å². The lowest BCUT2D eigenvalue weighted by Gasteiger charge is -2.31. The lowest BCUT2D eigenvalue weighted by Crippen LogP contribution is -2.41. The molecule has 5 nitrogen and oxygen atoms in total. The molecule has 122 valence electrons. The normalized spacial score (nSPS) is 18.9. The van der Waals surface area contributed by atoms with E-state index in [0.717, 1.165) is 4.47 Å². The van der Waals surface area contributed by atoms with Crippen molar-refractivity contribution in [2.75, 3.05) is 0 Å². The van der Waals surface area contributed by atoms with Crippen molar-refractivity contribution in [1.82, 2.24) is 5.43 Å². The molecule has 1 aliphatic carbocycles. The Morgan fingerprint density at radius 3 is 2.22 bits per heavy atom. The standard InChI is InChI=1S/C17H19BrN2O3/c1-10(15-13(21)8-17(2,3)9-14(15)22)19-20-16(23)11-4-6-12(18)7-5-11/h4-7,15H,8-9H2,1-3H3,(H,20,23). The van der Waals surface area contributed by atoms with Crippen molar-refractivity contribution >= 4 is 39.1 Å². The van der Waals surface area contributed by atoms with Gasteiger partial charge in [-0.15, -0.1) is 0 Å². The Balaban J connectivity index is 2.08. The van der Waals surface area contributed by atoms with Gasteiger partial charge in [0.05, 0.1) is 5.71 Å². The topological polar surface area (TPSA) is 75.6 Å². The molecule has 1 aliphatic rings. The van der Waals surface area contributed by atoms with Crippen LogP contribution in [-0.2, 0) is 9.59 Å². The summed E-state index contributed by atoms with van der Waals surface area (Å²) in [5.74, 6) is -1.49. The first-order valence-corrected chi connectivity index (χ1v) is 8.14. The van der Waals surface area contributed by atoms with Crippen molar-refractivity contribution in [2.45, 2.75) is 33.6 Å². The highest BCUT2D eigenvalue weighted by Crippen LogP contribution is 2.34. The van der Waals surface area contributed by atoms with Gasteiger partial charge in [-0.3, -0.25) is 14.4 Å². The number of hydrazone groups is 1. The first kappa shape index (κ1) is 17.5. The van der Waals surface area contributed by atoms with Crippen LogP contribution in [0.4, 0.5) is 0 Å². The van der Waals surface area contributed by atoms with E-state index in [-0.39, 0.29) is 22.9 Å². The second-order valence-electron chi connectivity index (χ2n) is 6.58. The van der Waals surface area contributed by atoms with Crippen LogP contribution in [0.15, 0.2) is 33.8 Å². The summed E-state index contributed by atoms with van der Waals surface area (Å²) < 4.78 is 0.870. The molecular formula is C17H19BrN2O3. The van der Waals surface area contributed by atoms with Crippen molar-refractivity contribution in [3.63, 3.8) is 0 Å². The highest BCUT2D eigenvalue weighted by Gasteiger charge is 2.41. The maximum Gasteiger partial charge on any atom is 0.271 e. The molecule has 0 aromatic heterocycles. The maximum atomic E-state index is 12.2. The lowest BCUT2D eigenvalue weighted by molar-refractivity contribution is -0.136. The third-order valence-corrected chi connectivity index (χ3v) is 4.34. The average molecular weight is 379 g/mol. The minimum absolute atomic E-state index is 0.134. The van der Waals surface area contributed by atoms with Crippen LogP contribution in [0.25, 0.3) is 0 Å². The second kappa shape index (κ2) is 6.74. The fraction of sp³-hybridized carbons (Fsp3) is 0.412. The van der Waals surface area contributed by atoms with Crippen LogP contribution in [0.3, 0.4) is 0 Å². The summed E-state index contributed by atoms with van der Waals surface area (Å²) in [6.07, 6.45) is 0.688. The van der Waals surface area contributed by atoms with Crippen molar-refractivity contribution in [3.05, 3.63) is 34.3 Å². The first-order chi connectivity index (χ1) is 10.7. The predicted octanol–water partition coefficient (Wildman–Crippen LogP) is 3.13. The van der Waals surface area contributed by atoms with Crippen molar-refractivity contribution < 1.29 is 14.4 Å². The molecule has 2 rings (SSSR count). The van der Waals surface area contributed by atoms with E-state index in [4.69, 9.17) is 0 Å². The van der Waals surface area contributed by atoms with Gasteiger partial charge in [0.1, 0.15) is 17.5 Å². The van der Waals surface area contributed by atoms with Crippen LogP contribution in [-0.4, -0.2) is 23.2 Å². The number of amides is 1. The van der Waals surface area contributed by atoms with Gasteiger partial charge in [0.2, 0.25) is 0 Å². The van der Waals surface area contributed by atoms with Gasteiger partial charge in [0, 0.05) is 22.9 Å². The van der Waals surface area contributed by atoms with Crippen LogP contribution in [0, 0.1) is 11.3 Å². The molecule has 0 spiro atoms. The fourth-order valence-corrected chi connectivity index (χ4v) is 2.99. The third kappa shape index (κ3) is 4.34. The number of halogens is 1. The van der Waals surface area contributed by atoms with Gasteiger partial charge in [-0.1, -0.05) is 29.8 Å². The van der Waals surface area contributed by atoms with Crippen molar-refractivity contribution in [2.24, 2.45) is 16.4 Å². The number of benzene rings is 1. The first-order valence-electron chi connectivity index (χ1n) is 7.35. The summed E-state index contributed by atoms with van der Waals surface area (Å²) >= 11 is 3.30. The molecule has 1 fully saturated rings. The van der Waals surface area contributed by atoms with Gasteiger partial charge in [-0.05, 0) is 36.6 Å². The van der Waals surface area contributed by atoms with Crippen molar-refractivity contribution in [3.8, 4) is 0 Å². The van der Waals surface area contributed by atoms with Crippen LogP contribution in [0.1, 0.15) is 44.0 Å². The minimum Gasteiger partial charge on any atom is -0.298 e. The lowest BCUT2D eigenvalue weighted by atomic mass is 9.70. The van der Waals surface area contributed by atoms with E-state index in [2.05, 4.69) is 26.5 Å². The number of hydrogen-bond acceptors (Lipinski definition) is 4. The quantitative estimate of drug-likeness (QED) is 0.498. The molecule has 1 amide bonds. The Bertz CT molecular complexity index is 658. The Morgan fingerprint density at radius 2 is 1.70 bits per heavy atom. The van der Waals surface area contributed by atoms with Gasteiger partial charge >= 0.3 is 0 Å². The van der Waals surface area contributed by atoms with E-state index >= 15 is 0 Å². The minimum atomic E-state index is -0.840. The summed E-state index contributed by atoms with van der Waals surface area (Å²) in [6, 6.07) is 6.82. The van der Waals surface area contributed by atoms with E-state index in [1.165, 1.54) is 0 Å². The fourth-order valence-electron chi connectivity index (χ4n) is 2.72. The van der Waals surface area contributed by atoms with E-state index in [0.29, 0.717) is 24.1 Å². The van der Waals surface area contributed by atoms with Gasteiger partial charge in [-0.2, -0.15) is 5.10 Å². The highest BCUT2D eigenvalue weighted by molar-refractivity contribution is 9.10. The van der Waals surface area contributed by atoms with Crippen LogP contribution < -0.4 is 5.43 Å². The van der Waals surface area contributed by atoms with Crippen LogP contribution in [0.5, 0.6) is 0 Å². The molecule has 23 heavy (non-hydrogen) atoms. The predicted molar refractivity (Wildman–Crippen MR) is 91.2 cm³/mol. The van der Waals surface area contributed by atoms with Gasteiger partial charge < -0.3 is 0 Å². The molecule has 1 saturated carbocycles. The molecule has 1 aromatic carbocycles. The van der Waals surface area contributed by atoms with E-state index < -0.39 is 5.92 Å². The summed E-state index contributed by atoms with van der Waals surface area (Å²) in [5, 5.41) is 3.96. The van der Waals surface area contributed by atoms with Gasteiger partial charge in [-0.25, -0.2) is 5.43 Å². The largest absolute Gasteiger partial charge is 0.298 e. The van der Waals surface area contributed by atoms with Crippen LogP contribution in [0.2, 0.25) is 0 Å². The Kier molecular flexibility index (Phi) is 5.14. The molecule has 0 atom stereocenters. The zero-order valence-electron chi connectivity index (χ0n) is 13.4. The summed E-state index contributed by atoms with van der Waals surface area (Å²) in [4.78, 5) is 36.4. The molecule has 0 bridgehead atoms. The van der Waals surface area contributed by atoms with Crippen molar-refractivity contribution in [1.29, 1.82) is 0 Å². The number of carbonyl (C=O) groups excluding carboxylic acids is 3. The highest BCUT2D eigenvalue weighted by atomic mass is 79.9. The molecule has 6 heteroatoms. The van der Waals surface area contributed by atoms with E-state index in [1.807, 2.05) is 13.8 Å². The monoisotopic (exact) mass is 378 g/mol. The molecule has 1 aromatic rings.